The number of nitrogens with one attached hydrogen (secondary N) is 1. The van der Waals surface area contributed by atoms with Gasteiger partial charge in [-0.2, -0.15) is 0 Å². The molecule has 5 heteroatoms. The fraction of sp³-hybridized carbons (Fsp3) is 0.818. The van der Waals surface area contributed by atoms with Gasteiger partial charge in [-0.3, -0.25) is 9.59 Å². The van der Waals surface area contributed by atoms with E-state index in [-0.39, 0.29) is 11.5 Å². The molecule has 0 saturated carbocycles. The molecule has 1 fully saturated rings. The first-order chi connectivity index (χ1) is 7.29. The van der Waals surface area contributed by atoms with E-state index in [4.69, 9.17) is 0 Å². The molecular formula is C11H24N2O3. The van der Waals surface area contributed by atoms with Crippen molar-refractivity contribution >= 4 is 12.4 Å². The van der Waals surface area contributed by atoms with E-state index < -0.39 is 0 Å². The third-order valence-corrected chi connectivity index (χ3v) is 1.36. The van der Waals surface area contributed by atoms with Crippen LogP contribution < -0.4 is 11.1 Å². The molecule has 96 valence electrons. The van der Waals surface area contributed by atoms with Crippen molar-refractivity contribution in [2.45, 2.75) is 46.1 Å². The Labute approximate surface area is 97.7 Å². The van der Waals surface area contributed by atoms with Crippen LogP contribution in [0.5, 0.6) is 0 Å². The molecule has 1 aliphatic heterocycles. The number of ether oxygens (including phenoxy) is 1. The second kappa shape index (κ2) is 10.4. The van der Waals surface area contributed by atoms with Crippen molar-refractivity contribution in [3.63, 3.8) is 0 Å². The molecule has 1 aliphatic rings. The van der Waals surface area contributed by atoms with Crippen LogP contribution in [0.1, 0.15) is 40.5 Å². The predicted octanol–water partition coefficient (Wildman–Crippen LogP) is 0.819. The maximum atomic E-state index is 9.60. The number of nitrogens with two attached hydrogens (primary N) is 1. The summed E-state index contributed by atoms with van der Waals surface area (Å²) in [5.74, 6) is -0.333. The lowest BCUT2D eigenvalue weighted by Crippen LogP contribution is -2.17. The Bertz CT molecular complexity index is 173. The summed E-state index contributed by atoms with van der Waals surface area (Å²) >= 11 is 0. The normalized spacial score (nSPS) is 13.8. The zero-order chi connectivity index (χ0) is 13.0. The maximum Gasteiger partial charge on any atom is 0.293 e. The molecule has 0 spiro atoms. The molecule has 0 aromatic heterocycles. The van der Waals surface area contributed by atoms with Gasteiger partial charge >= 0.3 is 0 Å². The van der Waals surface area contributed by atoms with Gasteiger partial charge in [-0.25, -0.2) is 0 Å². The minimum absolute atomic E-state index is 0.318. The fourth-order valence-electron chi connectivity index (χ4n) is 0.769. The molecule has 3 N–H and O–H groups in total. The highest BCUT2D eigenvalue weighted by atomic mass is 16.5. The molecule has 0 aromatic rings. The molecule has 0 bridgehead atoms. The number of amides is 1. The highest BCUT2D eigenvalue weighted by Gasteiger charge is 2.07. The third-order valence-electron chi connectivity index (χ3n) is 1.36. The van der Waals surface area contributed by atoms with Crippen molar-refractivity contribution in [2.24, 2.45) is 5.73 Å². The first-order valence-corrected chi connectivity index (χ1v) is 5.38. The number of carbonyl (C=O) groups excluding carboxylic acids is 2. The Morgan fingerprint density at radius 1 is 1.31 bits per heavy atom. The first kappa shape index (κ1) is 17.3. The summed E-state index contributed by atoms with van der Waals surface area (Å²) in [6.07, 6.45) is 2.78. The molecule has 1 amide bonds. The first-order valence-electron chi connectivity index (χ1n) is 5.38. The van der Waals surface area contributed by atoms with Crippen molar-refractivity contribution in [1.29, 1.82) is 0 Å². The van der Waals surface area contributed by atoms with Crippen LogP contribution in [-0.2, 0) is 14.3 Å². The summed E-state index contributed by atoms with van der Waals surface area (Å²) in [6.45, 7) is 9.73. The lowest BCUT2D eigenvalue weighted by molar-refractivity contribution is -0.138. The van der Waals surface area contributed by atoms with Gasteiger partial charge in [-0.05, 0) is 46.7 Å². The Balaban J connectivity index is 0. The van der Waals surface area contributed by atoms with Gasteiger partial charge in [-0.1, -0.05) is 0 Å². The zero-order valence-corrected chi connectivity index (χ0v) is 10.7. The largest absolute Gasteiger partial charge is 0.462 e. The van der Waals surface area contributed by atoms with Crippen LogP contribution in [0.15, 0.2) is 0 Å². The van der Waals surface area contributed by atoms with E-state index in [1.165, 1.54) is 32.9 Å². The van der Waals surface area contributed by atoms with E-state index in [0.717, 1.165) is 0 Å². The van der Waals surface area contributed by atoms with Crippen LogP contribution in [0, 0.1) is 0 Å². The summed E-state index contributed by atoms with van der Waals surface area (Å²) in [5, 5.41) is 3.22. The minimum atomic E-state index is -0.333. The van der Waals surface area contributed by atoms with Gasteiger partial charge in [0.2, 0.25) is 5.91 Å². The van der Waals surface area contributed by atoms with Crippen molar-refractivity contribution in [1.82, 2.24) is 5.32 Å². The van der Waals surface area contributed by atoms with Crippen LogP contribution in [0.2, 0.25) is 0 Å². The van der Waals surface area contributed by atoms with Crippen LogP contribution in [-0.4, -0.2) is 31.1 Å². The monoisotopic (exact) mass is 232 g/mol. The molecular weight excluding hydrogens is 208 g/mol. The van der Waals surface area contributed by atoms with Crippen molar-refractivity contribution < 1.29 is 14.3 Å². The van der Waals surface area contributed by atoms with E-state index >= 15 is 0 Å². The van der Waals surface area contributed by atoms with E-state index in [0.29, 0.717) is 6.47 Å². The SMILES string of the molecule is C1CCNC1.CC(C)(C)OC=O.CC(N)=O. The minimum Gasteiger partial charge on any atom is -0.462 e. The Morgan fingerprint density at radius 2 is 1.69 bits per heavy atom. The second-order valence-electron chi connectivity index (χ2n) is 4.39. The highest BCUT2D eigenvalue weighted by molar-refractivity contribution is 5.70. The number of hydrogen-bond donors (Lipinski definition) is 2. The molecule has 16 heavy (non-hydrogen) atoms. The quantitative estimate of drug-likeness (QED) is 0.656. The smallest absolute Gasteiger partial charge is 0.293 e. The summed E-state index contributed by atoms with van der Waals surface area (Å²) in [4.78, 5) is 18.8. The average molecular weight is 232 g/mol. The molecule has 0 radical (unpaired) electrons. The summed E-state index contributed by atoms with van der Waals surface area (Å²) in [5.41, 5.74) is 4.15. The molecule has 0 aliphatic carbocycles. The summed E-state index contributed by atoms with van der Waals surface area (Å²) < 4.78 is 4.55. The van der Waals surface area contributed by atoms with Gasteiger partial charge in [0.1, 0.15) is 5.60 Å². The number of primary amides is 1. The van der Waals surface area contributed by atoms with Crippen molar-refractivity contribution in [3.8, 4) is 0 Å². The van der Waals surface area contributed by atoms with Crippen molar-refractivity contribution in [2.75, 3.05) is 13.1 Å². The Morgan fingerprint density at radius 3 is 1.75 bits per heavy atom. The molecule has 0 unspecified atom stereocenters. The predicted molar refractivity (Wildman–Crippen MR) is 63.9 cm³/mol. The van der Waals surface area contributed by atoms with Crippen LogP contribution in [0.25, 0.3) is 0 Å². The zero-order valence-electron chi connectivity index (χ0n) is 10.7. The number of hydrogen-bond acceptors (Lipinski definition) is 4. The fourth-order valence-corrected chi connectivity index (χ4v) is 0.769. The van der Waals surface area contributed by atoms with Gasteiger partial charge in [0, 0.05) is 6.92 Å². The lowest BCUT2D eigenvalue weighted by atomic mass is 10.2. The van der Waals surface area contributed by atoms with Crippen molar-refractivity contribution in [3.05, 3.63) is 0 Å². The van der Waals surface area contributed by atoms with Crippen LogP contribution in [0.3, 0.4) is 0 Å². The van der Waals surface area contributed by atoms with E-state index in [2.05, 4.69) is 15.8 Å². The van der Waals surface area contributed by atoms with Gasteiger partial charge in [0.05, 0.1) is 0 Å². The topological polar surface area (TPSA) is 81.4 Å². The van der Waals surface area contributed by atoms with Crippen LogP contribution in [0.4, 0.5) is 0 Å². The van der Waals surface area contributed by atoms with Gasteiger partial charge in [-0.15, -0.1) is 0 Å². The number of carbonyl (C=O) groups is 2. The van der Waals surface area contributed by atoms with E-state index in [1.807, 2.05) is 20.8 Å². The molecule has 1 rings (SSSR count). The van der Waals surface area contributed by atoms with Gasteiger partial charge in [0.15, 0.2) is 0 Å². The van der Waals surface area contributed by atoms with E-state index in [9.17, 15) is 9.59 Å². The van der Waals surface area contributed by atoms with Gasteiger partial charge < -0.3 is 15.8 Å². The molecule has 1 heterocycles. The standard InChI is InChI=1S/C5H10O2.C4H9N.C2H5NO/c1-5(2,3)7-4-6;1-2-4-5-3-1;1-2(3)4/h4H,1-3H3;5H,1-4H2;1H3,(H2,3,4). The molecule has 0 atom stereocenters. The average Bonchev–Trinajstić information content (AvgIpc) is 2.55. The molecule has 0 aromatic carbocycles. The maximum absolute atomic E-state index is 9.60. The van der Waals surface area contributed by atoms with E-state index in [1.54, 1.807) is 0 Å². The summed E-state index contributed by atoms with van der Waals surface area (Å²) in [7, 11) is 0. The van der Waals surface area contributed by atoms with Crippen LogP contribution >= 0.6 is 0 Å². The summed E-state index contributed by atoms with van der Waals surface area (Å²) in [6, 6.07) is 0. The Hall–Kier alpha value is -1.10. The third kappa shape index (κ3) is 29.3. The Kier molecular flexibility index (Phi) is 11.3. The molecule has 5 nitrogen and oxygen atoms in total. The lowest BCUT2D eigenvalue weighted by Gasteiger charge is -2.14. The highest BCUT2D eigenvalue weighted by Crippen LogP contribution is 2.02. The molecule has 1 saturated heterocycles. The van der Waals surface area contributed by atoms with Gasteiger partial charge in [0.25, 0.3) is 6.47 Å². The second-order valence-corrected chi connectivity index (χ2v) is 4.39. The number of rotatable bonds is 1.